The molecule has 1 heterocycles. The number of benzene rings is 2. The lowest BCUT2D eigenvalue weighted by atomic mass is 9.81. The second kappa shape index (κ2) is 10.9. The summed E-state index contributed by atoms with van der Waals surface area (Å²) in [6.45, 7) is 0. The number of amides is 3. The highest BCUT2D eigenvalue weighted by Crippen LogP contribution is 2.40. The van der Waals surface area contributed by atoms with Crippen LogP contribution in [0.5, 0.6) is 0 Å². The van der Waals surface area contributed by atoms with Crippen molar-refractivity contribution in [2.45, 2.75) is 38.1 Å². The highest BCUT2D eigenvalue weighted by atomic mass is 35.5. The normalized spacial score (nSPS) is 20.5. The van der Waals surface area contributed by atoms with E-state index in [9.17, 15) is 19.2 Å². The number of hydrogen-bond donors (Lipinski definition) is 0. The monoisotopic (exact) mass is 554 g/mol. The first-order valence-corrected chi connectivity index (χ1v) is 12.9. The Morgan fingerprint density at radius 1 is 0.914 bits per heavy atom. The Kier molecular flexibility index (Phi) is 8.06. The first-order valence-electron chi connectivity index (χ1n) is 11.3. The van der Waals surface area contributed by atoms with Crippen LogP contribution in [0.4, 0.5) is 0 Å². The molecule has 6 nitrogen and oxygen atoms in total. The average Bonchev–Trinajstić information content (AvgIpc) is 3.09. The maximum Gasteiger partial charge on any atom is 0.275 e. The molecule has 2 aliphatic rings. The molecule has 2 aromatic rings. The SMILES string of the molecule is O=C(c1ccc(Cl)cc1)[C@H](CCCl)N(C(=O)c1ccc(Cl)cc1Cl)N1C(=O)[C@@H]2CCCC[C@H]2C1=O. The Labute approximate surface area is 223 Å². The van der Waals surface area contributed by atoms with E-state index in [1.165, 1.54) is 30.3 Å². The Hall–Kier alpha value is -2.12. The van der Waals surface area contributed by atoms with E-state index in [0.717, 1.165) is 22.9 Å². The van der Waals surface area contributed by atoms with E-state index < -0.39 is 41.4 Å². The largest absolute Gasteiger partial charge is 0.292 e. The minimum Gasteiger partial charge on any atom is -0.292 e. The number of carbonyl (C=O) groups excluding carboxylic acids is 4. The minimum atomic E-state index is -1.22. The maximum atomic E-state index is 13.9. The Balaban J connectivity index is 1.83. The van der Waals surface area contributed by atoms with Crippen molar-refractivity contribution in [2.75, 3.05) is 5.88 Å². The van der Waals surface area contributed by atoms with E-state index in [1.807, 2.05) is 0 Å². The van der Waals surface area contributed by atoms with Gasteiger partial charge in [-0.3, -0.25) is 19.2 Å². The van der Waals surface area contributed by atoms with Crippen LogP contribution in [0.25, 0.3) is 0 Å². The van der Waals surface area contributed by atoms with Gasteiger partial charge in [-0.1, -0.05) is 47.6 Å². The molecule has 1 saturated carbocycles. The van der Waals surface area contributed by atoms with Gasteiger partial charge in [-0.05, 0) is 61.7 Å². The van der Waals surface area contributed by atoms with Crippen molar-refractivity contribution in [1.29, 1.82) is 0 Å². The predicted molar refractivity (Wildman–Crippen MR) is 135 cm³/mol. The molecule has 2 fully saturated rings. The summed E-state index contributed by atoms with van der Waals surface area (Å²) < 4.78 is 0. The molecule has 2 aromatic carbocycles. The smallest absolute Gasteiger partial charge is 0.275 e. The van der Waals surface area contributed by atoms with Crippen molar-refractivity contribution in [3.05, 3.63) is 68.7 Å². The highest BCUT2D eigenvalue weighted by molar-refractivity contribution is 6.37. The van der Waals surface area contributed by atoms with Crippen LogP contribution >= 0.6 is 46.4 Å². The average molecular weight is 556 g/mol. The molecule has 0 aromatic heterocycles. The van der Waals surface area contributed by atoms with Gasteiger partial charge >= 0.3 is 0 Å². The third-order valence-electron chi connectivity index (χ3n) is 6.51. The van der Waals surface area contributed by atoms with Gasteiger partial charge in [0.1, 0.15) is 6.04 Å². The Morgan fingerprint density at radius 2 is 1.49 bits per heavy atom. The van der Waals surface area contributed by atoms with Gasteiger partial charge in [0.05, 0.1) is 22.4 Å². The third kappa shape index (κ3) is 5.08. The molecule has 10 heteroatoms. The van der Waals surface area contributed by atoms with Crippen molar-refractivity contribution < 1.29 is 19.2 Å². The van der Waals surface area contributed by atoms with Crippen molar-refractivity contribution >= 4 is 69.9 Å². The number of hydrogen-bond acceptors (Lipinski definition) is 4. The fraction of sp³-hybridized carbons (Fsp3) is 0.360. The van der Waals surface area contributed by atoms with Gasteiger partial charge in [-0.15, -0.1) is 11.6 Å². The number of rotatable bonds is 7. The van der Waals surface area contributed by atoms with Gasteiger partial charge in [0.15, 0.2) is 5.78 Å². The molecular weight excluding hydrogens is 534 g/mol. The Bertz CT molecular complexity index is 1150. The summed E-state index contributed by atoms with van der Waals surface area (Å²) >= 11 is 24.4. The molecule has 35 heavy (non-hydrogen) atoms. The number of halogens is 4. The standard InChI is InChI=1S/C25H22Cl4N2O4/c26-12-11-21(22(32)14-5-7-15(27)8-6-14)30(25(35)19-10-9-16(28)13-20(19)29)31-23(33)17-3-1-2-4-18(17)24(31)34/h5-10,13,17-18,21H,1-4,11-12H2/t17-,18-,21+/m1/s1. The van der Waals surface area contributed by atoms with E-state index in [4.69, 9.17) is 46.4 Å². The number of Topliss-reactive ketones (excluding diaryl/α,β-unsaturated/α-hetero) is 1. The summed E-state index contributed by atoms with van der Waals surface area (Å²) in [6.07, 6.45) is 2.76. The fourth-order valence-electron chi connectivity index (χ4n) is 4.79. The second-order valence-corrected chi connectivity index (χ2v) is 10.3. The van der Waals surface area contributed by atoms with Gasteiger partial charge in [-0.2, -0.15) is 5.01 Å². The number of carbonyl (C=O) groups is 4. The van der Waals surface area contributed by atoms with Crippen LogP contribution in [0, 0.1) is 11.8 Å². The number of fused-ring (bicyclic) bond motifs is 1. The molecule has 0 bridgehead atoms. The molecule has 3 atom stereocenters. The van der Waals surface area contributed by atoms with E-state index in [2.05, 4.69) is 0 Å². The van der Waals surface area contributed by atoms with Gasteiger partial charge < -0.3 is 0 Å². The third-order valence-corrected chi connectivity index (χ3v) is 7.53. The predicted octanol–water partition coefficient (Wildman–Crippen LogP) is 6.06. The van der Waals surface area contributed by atoms with E-state index >= 15 is 0 Å². The van der Waals surface area contributed by atoms with Crippen LogP contribution in [0.3, 0.4) is 0 Å². The summed E-state index contributed by atoms with van der Waals surface area (Å²) in [6, 6.07) is 9.20. The van der Waals surface area contributed by atoms with E-state index in [-0.39, 0.29) is 28.5 Å². The van der Waals surface area contributed by atoms with Crippen LogP contribution < -0.4 is 0 Å². The van der Waals surface area contributed by atoms with E-state index in [0.29, 0.717) is 22.9 Å². The fourth-order valence-corrected chi connectivity index (χ4v) is 5.61. The molecule has 0 spiro atoms. The number of imide groups is 1. The summed E-state index contributed by atoms with van der Waals surface area (Å²) in [7, 11) is 0. The Morgan fingerprint density at radius 3 is 2.03 bits per heavy atom. The molecule has 4 rings (SSSR count). The van der Waals surface area contributed by atoms with Crippen LogP contribution in [-0.2, 0) is 9.59 Å². The first kappa shape index (κ1) is 26.0. The number of alkyl halides is 1. The van der Waals surface area contributed by atoms with Gasteiger partial charge in [0.25, 0.3) is 17.7 Å². The summed E-state index contributed by atoms with van der Waals surface area (Å²) in [5.41, 5.74) is 0.274. The van der Waals surface area contributed by atoms with E-state index in [1.54, 1.807) is 12.1 Å². The molecule has 184 valence electrons. The first-order chi connectivity index (χ1) is 16.7. The lowest BCUT2D eigenvalue weighted by Crippen LogP contribution is -2.57. The number of hydrazine groups is 1. The number of ketones is 1. The van der Waals surface area contributed by atoms with Crippen molar-refractivity contribution in [2.24, 2.45) is 11.8 Å². The number of nitrogens with zero attached hydrogens (tertiary/aromatic N) is 2. The van der Waals surface area contributed by atoms with Gasteiger partial charge in [0, 0.05) is 21.5 Å². The molecule has 0 radical (unpaired) electrons. The zero-order valence-corrected chi connectivity index (χ0v) is 21.6. The lowest BCUT2D eigenvalue weighted by molar-refractivity contribution is -0.156. The van der Waals surface area contributed by atoms with Crippen LogP contribution in [-0.4, -0.2) is 45.4 Å². The van der Waals surface area contributed by atoms with Gasteiger partial charge in [-0.25, -0.2) is 5.01 Å². The minimum absolute atomic E-state index is 0.00516. The van der Waals surface area contributed by atoms with Crippen molar-refractivity contribution in [3.63, 3.8) is 0 Å². The van der Waals surface area contributed by atoms with Crippen molar-refractivity contribution in [1.82, 2.24) is 10.0 Å². The topological polar surface area (TPSA) is 74.8 Å². The highest BCUT2D eigenvalue weighted by Gasteiger charge is 2.53. The van der Waals surface area contributed by atoms with Crippen LogP contribution in [0.2, 0.25) is 15.1 Å². The molecule has 0 N–H and O–H groups in total. The maximum absolute atomic E-state index is 13.9. The zero-order chi connectivity index (χ0) is 25.3. The van der Waals surface area contributed by atoms with Crippen LogP contribution in [0.1, 0.15) is 52.8 Å². The molecular formula is C25H22Cl4N2O4. The quantitative estimate of drug-likeness (QED) is 0.236. The summed E-state index contributed by atoms with van der Waals surface area (Å²) in [4.78, 5) is 54.5. The summed E-state index contributed by atoms with van der Waals surface area (Å²) in [5, 5.41) is 2.60. The molecule has 0 unspecified atom stereocenters. The molecule has 1 aliphatic carbocycles. The molecule has 3 amide bonds. The van der Waals surface area contributed by atoms with Crippen molar-refractivity contribution in [3.8, 4) is 0 Å². The zero-order valence-electron chi connectivity index (χ0n) is 18.6. The lowest BCUT2D eigenvalue weighted by Gasteiger charge is -2.36. The summed E-state index contributed by atoms with van der Waals surface area (Å²) in [5.74, 6) is -3.24. The second-order valence-electron chi connectivity index (χ2n) is 8.62. The molecule has 1 saturated heterocycles. The molecule has 1 aliphatic heterocycles. The van der Waals surface area contributed by atoms with Gasteiger partial charge in [0.2, 0.25) is 0 Å². The van der Waals surface area contributed by atoms with Crippen LogP contribution in [0.15, 0.2) is 42.5 Å².